The van der Waals surface area contributed by atoms with Crippen molar-refractivity contribution in [2.24, 2.45) is 0 Å². The van der Waals surface area contributed by atoms with Gasteiger partial charge < -0.3 is 5.32 Å². The Balaban J connectivity index is 1.96. The van der Waals surface area contributed by atoms with Gasteiger partial charge in [-0.25, -0.2) is 12.8 Å². The Morgan fingerprint density at radius 2 is 1.67 bits per heavy atom. The lowest BCUT2D eigenvalue weighted by atomic mass is 10.0. The Hall–Kier alpha value is -2.41. The minimum Gasteiger partial charge on any atom is -0.354 e. The second-order valence-electron chi connectivity index (χ2n) is 6.73. The van der Waals surface area contributed by atoms with Gasteiger partial charge in [0.2, 0.25) is 15.9 Å². The topological polar surface area (TPSA) is 66.5 Å². The second-order valence-corrected chi connectivity index (χ2v) is 8.64. The van der Waals surface area contributed by atoms with E-state index in [1.807, 2.05) is 12.1 Å². The van der Waals surface area contributed by atoms with Crippen molar-refractivity contribution in [3.63, 3.8) is 0 Å². The van der Waals surface area contributed by atoms with Gasteiger partial charge in [0.1, 0.15) is 5.82 Å². The van der Waals surface area contributed by atoms with Crippen molar-refractivity contribution in [1.29, 1.82) is 0 Å². The highest BCUT2D eigenvalue weighted by atomic mass is 32.2. The minimum absolute atomic E-state index is 0.113. The molecule has 0 atom stereocenters. The molecule has 0 saturated carbocycles. The standard InChI is InChI=1S/C20H25FN2O3S/c1-15(2)17-6-10-19(11-7-17)23(27(3,25)26)13-12-22-20(24)14-16-4-8-18(21)9-5-16/h4-11,15H,12-14H2,1-3H3,(H,22,24). The predicted molar refractivity (Wildman–Crippen MR) is 106 cm³/mol. The Morgan fingerprint density at radius 1 is 1.07 bits per heavy atom. The molecule has 7 heteroatoms. The van der Waals surface area contributed by atoms with Crippen LogP contribution in [0.15, 0.2) is 48.5 Å². The molecule has 0 aliphatic carbocycles. The molecular formula is C20H25FN2O3S. The van der Waals surface area contributed by atoms with Crippen LogP contribution in [0.3, 0.4) is 0 Å². The first-order valence-corrected chi connectivity index (χ1v) is 10.6. The number of carbonyl (C=O) groups excluding carboxylic acids is 1. The molecule has 0 aromatic heterocycles. The summed E-state index contributed by atoms with van der Waals surface area (Å²) in [6, 6.07) is 13.1. The molecule has 0 aliphatic heterocycles. The summed E-state index contributed by atoms with van der Waals surface area (Å²) in [4.78, 5) is 12.0. The molecule has 146 valence electrons. The van der Waals surface area contributed by atoms with Gasteiger partial charge in [-0.1, -0.05) is 38.1 Å². The molecule has 0 saturated heterocycles. The Morgan fingerprint density at radius 3 is 2.19 bits per heavy atom. The molecule has 0 bridgehead atoms. The van der Waals surface area contributed by atoms with E-state index in [0.717, 1.165) is 11.8 Å². The highest BCUT2D eigenvalue weighted by Gasteiger charge is 2.17. The monoisotopic (exact) mass is 392 g/mol. The highest BCUT2D eigenvalue weighted by Crippen LogP contribution is 2.21. The van der Waals surface area contributed by atoms with Crippen LogP contribution in [0.2, 0.25) is 0 Å². The average Bonchev–Trinajstić information content (AvgIpc) is 2.60. The van der Waals surface area contributed by atoms with Crippen LogP contribution in [-0.2, 0) is 21.2 Å². The summed E-state index contributed by atoms with van der Waals surface area (Å²) in [7, 11) is -3.47. The third-order valence-electron chi connectivity index (χ3n) is 4.16. The largest absolute Gasteiger partial charge is 0.354 e. The van der Waals surface area contributed by atoms with Crippen molar-refractivity contribution in [2.75, 3.05) is 23.7 Å². The molecule has 5 nitrogen and oxygen atoms in total. The zero-order valence-electron chi connectivity index (χ0n) is 15.8. The van der Waals surface area contributed by atoms with E-state index in [9.17, 15) is 17.6 Å². The number of nitrogens with zero attached hydrogens (tertiary/aromatic N) is 1. The molecule has 0 radical (unpaired) electrons. The lowest BCUT2D eigenvalue weighted by molar-refractivity contribution is -0.120. The van der Waals surface area contributed by atoms with Crippen LogP contribution in [-0.4, -0.2) is 33.7 Å². The maximum absolute atomic E-state index is 12.9. The van der Waals surface area contributed by atoms with Crippen molar-refractivity contribution in [2.45, 2.75) is 26.2 Å². The summed E-state index contributed by atoms with van der Waals surface area (Å²) < 4.78 is 38.4. The molecule has 0 aliphatic rings. The van der Waals surface area contributed by atoms with Gasteiger partial charge >= 0.3 is 0 Å². The lowest BCUT2D eigenvalue weighted by Gasteiger charge is -2.23. The predicted octanol–water partition coefficient (Wildman–Crippen LogP) is 3.07. The number of anilines is 1. The minimum atomic E-state index is -3.47. The number of nitrogens with one attached hydrogen (secondary N) is 1. The van der Waals surface area contributed by atoms with E-state index in [-0.39, 0.29) is 31.2 Å². The molecule has 2 aromatic carbocycles. The van der Waals surface area contributed by atoms with Crippen LogP contribution in [0.1, 0.15) is 30.9 Å². The van der Waals surface area contributed by atoms with E-state index in [0.29, 0.717) is 17.2 Å². The number of benzene rings is 2. The zero-order chi connectivity index (χ0) is 20.0. The van der Waals surface area contributed by atoms with E-state index in [1.165, 1.54) is 16.4 Å². The fourth-order valence-electron chi connectivity index (χ4n) is 2.66. The quantitative estimate of drug-likeness (QED) is 0.751. The zero-order valence-corrected chi connectivity index (χ0v) is 16.6. The van der Waals surface area contributed by atoms with Gasteiger partial charge in [0, 0.05) is 6.54 Å². The van der Waals surface area contributed by atoms with E-state index in [2.05, 4.69) is 19.2 Å². The van der Waals surface area contributed by atoms with Gasteiger partial charge in [-0.15, -0.1) is 0 Å². The number of hydrogen-bond donors (Lipinski definition) is 1. The molecule has 0 spiro atoms. The van der Waals surface area contributed by atoms with Crippen molar-refractivity contribution < 1.29 is 17.6 Å². The first kappa shape index (κ1) is 20.9. The highest BCUT2D eigenvalue weighted by molar-refractivity contribution is 7.92. The van der Waals surface area contributed by atoms with E-state index >= 15 is 0 Å². The maximum Gasteiger partial charge on any atom is 0.232 e. The summed E-state index contributed by atoms with van der Waals surface area (Å²) in [6.07, 6.45) is 1.26. The van der Waals surface area contributed by atoms with Crippen LogP contribution in [0.5, 0.6) is 0 Å². The number of carbonyl (C=O) groups is 1. The third-order valence-corrected chi connectivity index (χ3v) is 5.36. The molecule has 27 heavy (non-hydrogen) atoms. The first-order chi connectivity index (χ1) is 12.7. The van der Waals surface area contributed by atoms with Gasteiger partial charge in [-0.2, -0.15) is 0 Å². The molecule has 2 aromatic rings. The third kappa shape index (κ3) is 6.36. The van der Waals surface area contributed by atoms with Crippen molar-refractivity contribution >= 4 is 21.6 Å². The molecule has 0 unspecified atom stereocenters. The van der Waals surface area contributed by atoms with Gasteiger partial charge in [0.25, 0.3) is 0 Å². The Labute approximate surface area is 160 Å². The van der Waals surface area contributed by atoms with E-state index in [1.54, 1.807) is 24.3 Å². The maximum atomic E-state index is 12.9. The number of rotatable bonds is 8. The number of sulfonamides is 1. The SMILES string of the molecule is CC(C)c1ccc(N(CCNC(=O)Cc2ccc(F)cc2)S(C)(=O)=O)cc1. The second kappa shape index (κ2) is 8.99. The van der Waals surface area contributed by atoms with Crippen LogP contribution in [0.25, 0.3) is 0 Å². The summed E-state index contributed by atoms with van der Waals surface area (Å²) in [5.41, 5.74) is 2.38. The van der Waals surface area contributed by atoms with Crippen molar-refractivity contribution in [3.05, 3.63) is 65.5 Å². The molecule has 0 fully saturated rings. The molecule has 0 heterocycles. The first-order valence-electron chi connectivity index (χ1n) is 8.75. The summed E-state index contributed by atoms with van der Waals surface area (Å²) in [5.74, 6) is -0.242. The molecular weight excluding hydrogens is 367 g/mol. The van der Waals surface area contributed by atoms with Gasteiger partial charge in [0.15, 0.2) is 0 Å². The van der Waals surface area contributed by atoms with Crippen molar-refractivity contribution in [1.82, 2.24) is 5.32 Å². The van der Waals surface area contributed by atoms with Crippen LogP contribution in [0.4, 0.5) is 10.1 Å². The van der Waals surface area contributed by atoms with Crippen LogP contribution >= 0.6 is 0 Å². The lowest BCUT2D eigenvalue weighted by Crippen LogP contribution is -2.38. The van der Waals surface area contributed by atoms with E-state index < -0.39 is 10.0 Å². The molecule has 1 amide bonds. The number of amides is 1. The normalized spacial score (nSPS) is 11.4. The van der Waals surface area contributed by atoms with Crippen LogP contribution in [0, 0.1) is 5.82 Å². The number of hydrogen-bond acceptors (Lipinski definition) is 3. The fraction of sp³-hybridized carbons (Fsp3) is 0.350. The van der Waals surface area contributed by atoms with E-state index in [4.69, 9.17) is 0 Å². The van der Waals surface area contributed by atoms with Gasteiger partial charge in [0.05, 0.1) is 24.9 Å². The summed E-state index contributed by atoms with van der Waals surface area (Å²) in [6.45, 7) is 4.45. The Kier molecular flexibility index (Phi) is 6.96. The molecule has 2 rings (SSSR count). The van der Waals surface area contributed by atoms with Gasteiger partial charge in [-0.05, 0) is 41.3 Å². The smallest absolute Gasteiger partial charge is 0.232 e. The fourth-order valence-corrected chi connectivity index (χ4v) is 3.59. The van der Waals surface area contributed by atoms with Crippen molar-refractivity contribution in [3.8, 4) is 0 Å². The van der Waals surface area contributed by atoms with Crippen LogP contribution < -0.4 is 9.62 Å². The number of halogens is 1. The Bertz CT molecular complexity index is 863. The summed E-state index contributed by atoms with van der Waals surface area (Å²) in [5, 5.41) is 2.71. The summed E-state index contributed by atoms with van der Waals surface area (Å²) >= 11 is 0. The van der Waals surface area contributed by atoms with Gasteiger partial charge in [-0.3, -0.25) is 9.10 Å². The average molecular weight is 392 g/mol. The molecule has 1 N–H and O–H groups in total.